The Bertz CT molecular complexity index is 629. The molecule has 0 amide bonds. The van der Waals surface area contributed by atoms with Gasteiger partial charge in [0.2, 0.25) is 5.88 Å². The zero-order valence-corrected chi connectivity index (χ0v) is 14.9. The molecule has 1 aromatic carbocycles. The van der Waals surface area contributed by atoms with Gasteiger partial charge < -0.3 is 10.1 Å². The molecular weight excluding hydrogens is 377 g/mol. The topological polar surface area (TPSA) is 47.0 Å². The van der Waals surface area contributed by atoms with Crippen LogP contribution in [0.4, 0.5) is 5.82 Å². The lowest BCUT2D eigenvalue weighted by Crippen LogP contribution is -2.08. The van der Waals surface area contributed by atoms with Crippen molar-refractivity contribution >= 4 is 28.4 Å². The van der Waals surface area contributed by atoms with Gasteiger partial charge in [0.15, 0.2) is 0 Å². The van der Waals surface area contributed by atoms with Crippen LogP contribution in [0.1, 0.15) is 38.1 Å². The molecule has 0 aliphatic rings. The Hall–Kier alpha value is -1.37. The van der Waals surface area contributed by atoms with Gasteiger partial charge in [-0.2, -0.15) is 4.98 Å². The minimum Gasteiger partial charge on any atom is -0.439 e. The summed E-state index contributed by atoms with van der Waals surface area (Å²) in [6, 6.07) is 7.93. The predicted molar refractivity (Wildman–Crippen MR) is 94.3 cm³/mol. The number of halogens is 1. The van der Waals surface area contributed by atoms with Crippen molar-refractivity contribution in [1.29, 1.82) is 0 Å². The highest BCUT2D eigenvalue weighted by Gasteiger charge is 2.14. The van der Waals surface area contributed by atoms with Crippen LogP contribution < -0.4 is 10.1 Å². The van der Waals surface area contributed by atoms with Crippen LogP contribution in [0.15, 0.2) is 24.3 Å². The second kappa shape index (κ2) is 7.06. The Morgan fingerprint density at radius 2 is 2.05 bits per heavy atom. The van der Waals surface area contributed by atoms with E-state index in [0.29, 0.717) is 5.88 Å². The van der Waals surface area contributed by atoms with Crippen LogP contribution in [-0.4, -0.2) is 16.5 Å². The molecule has 1 N–H and O–H groups in total. The number of ether oxygens (including phenoxy) is 1. The molecule has 0 bridgehead atoms. The number of hydrogen-bond acceptors (Lipinski definition) is 4. The summed E-state index contributed by atoms with van der Waals surface area (Å²) in [4.78, 5) is 9.14. The van der Waals surface area contributed by atoms with Crippen molar-refractivity contribution in [2.24, 2.45) is 0 Å². The fourth-order valence-electron chi connectivity index (χ4n) is 1.85. The smallest absolute Gasteiger partial charge is 0.227 e. The molecule has 2 aromatic rings. The van der Waals surface area contributed by atoms with E-state index >= 15 is 0 Å². The summed E-state index contributed by atoms with van der Waals surface area (Å²) in [5, 5.41) is 3.28. The molecule has 112 valence electrons. The number of hydrogen-bond donors (Lipinski definition) is 1. The average Bonchev–Trinajstić information content (AvgIpc) is 2.43. The third-order valence-corrected chi connectivity index (χ3v) is 3.66. The van der Waals surface area contributed by atoms with E-state index in [4.69, 9.17) is 4.74 Å². The summed E-state index contributed by atoms with van der Waals surface area (Å²) in [7, 11) is 0. The number of rotatable bonds is 5. The first kappa shape index (κ1) is 16.0. The summed E-state index contributed by atoms with van der Waals surface area (Å²) in [6.45, 7) is 9.01. The van der Waals surface area contributed by atoms with E-state index < -0.39 is 0 Å². The summed E-state index contributed by atoms with van der Waals surface area (Å²) in [5.74, 6) is 3.29. The normalized spacial score (nSPS) is 10.8. The maximum atomic E-state index is 5.97. The van der Waals surface area contributed by atoms with Crippen molar-refractivity contribution in [3.05, 3.63) is 39.2 Å². The number of nitrogens with zero attached hydrogens (tertiary/aromatic N) is 2. The number of nitrogens with one attached hydrogen (secondary N) is 1. The van der Waals surface area contributed by atoms with Gasteiger partial charge in [0.05, 0.1) is 5.56 Å². The van der Waals surface area contributed by atoms with E-state index in [1.165, 1.54) is 0 Å². The molecule has 0 unspecified atom stereocenters. The SMILES string of the molecule is CCNc1nc(C(C)C)nc(Oc2cccc(I)c2)c1C. The van der Waals surface area contributed by atoms with E-state index in [2.05, 4.69) is 58.6 Å². The zero-order chi connectivity index (χ0) is 15.4. The van der Waals surface area contributed by atoms with E-state index in [-0.39, 0.29) is 5.92 Å². The zero-order valence-electron chi connectivity index (χ0n) is 12.8. The lowest BCUT2D eigenvalue weighted by atomic mass is 10.2. The predicted octanol–water partition coefficient (Wildman–Crippen LogP) is 4.74. The summed E-state index contributed by atoms with van der Waals surface area (Å²) < 4.78 is 7.10. The molecule has 0 atom stereocenters. The van der Waals surface area contributed by atoms with Gasteiger partial charge in [0, 0.05) is 16.0 Å². The molecule has 0 saturated heterocycles. The molecule has 0 aliphatic carbocycles. The Labute approximate surface area is 139 Å². The number of anilines is 1. The first-order chi connectivity index (χ1) is 10.0. The maximum Gasteiger partial charge on any atom is 0.227 e. The van der Waals surface area contributed by atoms with E-state index in [0.717, 1.165) is 33.1 Å². The molecule has 0 aliphatic heterocycles. The number of aromatic nitrogens is 2. The van der Waals surface area contributed by atoms with Gasteiger partial charge in [-0.1, -0.05) is 19.9 Å². The highest BCUT2D eigenvalue weighted by atomic mass is 127. The molecule has 1 aromatic heterocycles. The highest BCUT2D eigenvalue weighted by molar-refractivity contribution is 14.1. The van der Waals surface area contributed by atoms with Crippen LogP contribution in [-0.2, 0) is 0 Å². The van der Waals surface area contributed by atoms with Crippen molar-refractivity contribution in [2.45, 2.75) is 33.6 Å². The third-order valence-electron chi connectivity index (χ3n) is 2.99. The molecule has 0 radical (unpaired) electrons. The van der Waals surface area contributed by atoms with Gasteiger partial charge in [-0.25, -0.2) is 4.98 Å². The van der Waals surface area contributed by atoms with Gasteiger partial charge in [0.1, 0.15) is 17.4 Å². The molecular formula is C16H20IN3O. The first-order valence-electron chi connectivity index (χ1n) is 7.07. The van der Waals surface area contributed by atoms with Crippen LogP contribution in [0.25, 0.3) is 0 Å². The summed E-state index contributed by atoms with van der Waals surface area (Å²) in [5.41, 5.74) is 0.931. The van der Waals surface area contributed by atoms with Crippen LogP contribution in [0.3, 0.4) is 0 Å². The second-order valence-corrected chi connectivity index (χ2v) is 6.35. The lowest BCUT2D eigenvalue weighted by Gasteiger charge is -2.15. The fraction of sp³-hybridized carbons (Fsp3) is 0.375. The van der Waals surface area contributed by atoms with Crippen molar-refractivity contribution in [1.82, 2.24) is 9.97 Å². The van der Waals surface area contributed by atoms with E-state index in [1.807, 2.05) is 31.2 Å². The molecule has 1 heterocycles. The Balaban J connectivity index is 2.41. The van der Waals surface area contributed by atoms with Crippen molar-refractivity contribution in [3.63, 3.8) is 0 Å². The van der Waals surface area contributed by atoms with Crippen LogP contribution >= 0.6 is 22.6 Å². The van der Waals surface area contributed by atoms with Crippen LogP contribution in [0, 0.1) is 10.5 Å². The molecule has 0 saturated carbocycles. The molecule has 5 heteroatoms. The van der Waals surface area contributed by atoms with Crippen molar-refractivity contribution in [3.8, 4) is 11.6 Å². The van der Waals surface area contributed by atoms with Crippen molar-refractivity contribution in [2.75, 3.05) is 11.9 Å². The first-order valence-corrected chi connectivity index (χ1v) is 8.15. The van der Waals surface area contributed by atoms with Gasteiger partial charge in [0.25, 0.3) is 0 Å². The van der Waals surface area contributed by atoms with Crippen molar-refractivity contribution < 1.29 is 4.74 Å². The molecule has 0 spiro atoms. The lowest BCUT2D eigenvalue weighted by molar-refractivity contribution is 0.453. The molecule has 2 rings (SSSR count). The maximum absolute atomic E-state index is 5.97. The molecule has 4 nitrogen and oxygen atoms in total. The summed E-state index contributed by atoms with van der Waals surface area (Å²) in [6.07, 6.45) is 0. The standard InChI is InChI=1S/C16H20IN3O/c1-5-18-15-11(4)16(20-14(19-15)10(2)3)21-13-8-6-7-12(17)9-13/h6-10H,5H2,1-4H3,(H,18,19,20). The van der Waals surface area contributed by atoms with Gasteiger partial charge >= 0.3 is 0 Å². The fourth-order valence-corrected chi connectivity index (χ4v) is 2.37. The van der Waals surface area contributed by atoms with E-state index in [1.54, 1.807) is 0 Å². The minimum absolute atomic E-state index is 0.251. The van der Waals surface area contributed by atoms with E-state index in [9.17, 15) is 0 Å². The third kappa shape index (κ3) is 4.06. The quantitative estimate of drug-likeness (QED) is 0.741. The second-order valence-electron chi connectivity index (χ2n) is 5.11. The Morgan fingerprint density at radius 1 is 1.29 bits per heavy atom. The van der Waals surface area contributed by atoms with Crippen LogP contribution in [0.5, 0.6) is 11.6 Å². The largest absolute Gasteiger partial charge is 0.439 e. The Kier molecular flexibility index (Phi) is 5.39. The minimum atomic E-state index is 0.251. The van der Waals surface area contributed by atoms with Crippen LogP contribution in [0.2, 0.25) is 0 Å². The molecule has 21 heavy (non-hydrogen) atoms. The monoisotopic (exact) mass is 397 g/mol. The van der Waals surface area contributed by atoms with Gasteiger partial charge in [-0.15, -0.1) is 0 Å². The number of benzene rings is 1. The average molecular weight is 397 g/mol. The summed E-state index contributed by atoms with van der Waals surface area (Å²) >= 11 is 2.27. The van der Waals surface area contributed by atoms with Gasteiger partial charge in [-0.3, -0.25) is 0 Å². The Morgan fingerprint density at radius 3 is 2.67 bits per heavy atom. The molecule has 0 fully saturated rings. The van der Waals surface area contributed by atoms with Gasteiger partial charge in [-0.05, 0) is 54.6 Å². The highest BCUT2D eigenvalue weighted by Crippen LogP contribution is 2.29.